The summed E-state index contributed by atoms with van der Waals surface area (Å²) in [5.74, 6) is 1.33. The fourth-order valence-corrected chi connectivity index (χ4v) is 1.91. The summed E-state index contributed by atoms with van der Waals surface area (Å²) in [6.07, 6.45) is 1.80. The molecule has 0 bridgehead atoms. The van der Waals surface area contributed by atoms with Gasteiger partial charge in [-0.15, -0.1) is 6.58 Å². The van der Waals surface area contributed by atoms with Crippen molar-refractivity contribution in [3.8, 4) is 11.3 Å². The Kier molecular flexibility index (Phi) is 5.35. The number of nitrogens with one attached hydrogen (secondary N) is 1. The van der Waals surface area contributed by atoms with Crippen molar-refractivity contribution in [2.24, 2.45) is 0 Å². The smallest absolute Gasteiger partial charge is 0.338 e. The van der Waals surface area contributed by atoms with E-state index >= 15 is 0 Å². The van der Waals surface area contributed by atoms with Gasteiger partial charge in [-0.1, -0.05) is 18.2 Å². The standard InChI is InChI=1S/C17H19NO3/c1-3-11-18-12-15-9-10-16(21-15)13-5-7-14(8-6-13)17(19)20-4-2/h3,5-10,18H,1,4,11-12H2,2H3. The molecule has 0 saturated carbocycles. The molecule has 0 radical (unpaired) electrons. The van der Waals surface area contributed by atoms with Gasteiger partial charge in [0.1, 0.15) is 11.5 Å². The first-order chi connectivity index (χ1) is 10.2. The molecule has 2 rings (SSSR count). The van der Waals surface area contributed by atoms with E-state index in [2.05, 4.69) is 11.9 Å². The molecule has 2 aromatic rings. The van der Waals surface area contributed by atoms with Gasteiger partial charge in [0.15, 0.2) is 0 Å². The van der Waals surface area contributed by atoms with E-state index in [1.54, 1.807) is 25.1 Å². The Morgan fingerprint density at radius 2 is 2.05 bits per heavy atom. The van der Waals surface area contributed by atoms with Gasteiger partial charge in [0.25, 0.3) is 0 Å². The summed E-state index contributed by atoms with van der Waals surface area (Å²) in [6.45, 7) is 7.21. The summed E-state index contributed by atoms with van der Waals surface area (Å²) in [5, 5.41) is 3.18. The van der Waals surface area contributed by atoms with Gasteiger partial charge >= 0.3 is 5.97 Å². The second-order valence-electron chi connectivity index (χ2n) is 4.48. The third kappa shape index (κ3) is 4.07. The molecule has 0 amide bonds. The molecule has 0 aliphatic carbocycles. The Bertz CT molecular complexity index is 599. The van der Waals surface area contributed by atoms with Crippen LogP contribution < -0.4 is 5.32 Å². The van der Waals surface area contributed by atoms with Crippen LogP contribution >= 0.6 is 0 Å². The van der Waals surface area contributed by atoms with Gasteiger partial charge in [-0.3, -0.25) is 0 Å². The molecule has 0 atom stereocenters. The van der Waals surface area contributed by atoms with Crippen LogP contribution in [0.3, 0.4) is 0 Å². The minimum Gasteiger partial charge on any atom is -0.462 e. The normalized spacial score (nSPS) is 10.3. The average molecular weight is 285 g/mol. The molecule has 21 heavy (non-hydrogen) atoms. The zero-order valence-electron chi connectivity index (χ0n) is 12.1. The molecule has 4 heteroatoms. The van der Waals surface area contributed by atoms with Crippen molar-refractivity contribution in [3.05, 3.63) is 60.4 Å². The topological polar surface area (TPSA) is 51.5 Å². The Morgan fingerprint density at radius 3 is 2.71 bits per heavy atom. The number of hydrogen-bond acceptors (Lipinski definition) is 4. The highest BCUT2D eigenvalue weighted by molar-refractivity contribution is 5.89. The fourth-order valence-electron chi connectivity index (χ4n) is 1.91. The van der Waals surface area contributed by atoms with Crippen molar-refractivity contribution in [2.75, 3.05) is 13.2 Å². The lowest BCUT2D eigenvalue weighted by molar-refractivity contribution is 0.0526. The summed E-state index contributed by atoms with van der Waals surface area (Å²) in [4.78, 5) is 11.6. The van der Waals surface area contributed by atoms with Gasteiger partial charge < -0.3 is 14.5 Å². The van der Waals surface area contributed by atoms with Crippen LogP contribution in [0.15, 0.2) is 53.5 Å². The van der Waals surface area contributed by atoms with E-state index < -0.39 is 0 Å². The molecule has 0 aliphatic rings. The molecule has 4 nitrogen and oxygen atoms in total. The second kappa shape index (κ2) is 7.45. The van der Waals surface area contributed by atoms with Gasteiger partial charge in [0.05, 0.1) is 18.7 Å². The molecule has 1 N–H and O–H groups in total. The summed E-state index contributed by atoms with van der Waals surface area (Å²) >= 11 is 0. The summed E-state index contributed by atoms with van der Waals surface area (Å²) in [6, 6.07) is 11.0. The highest BCUT2D eigenvalue weighted by Gasteiger charge is 2.08. The number of carbonyl (C=O) groups is 1. The van der Waals surface area contributed by atoms with Crippen molar-refractivity contribution in [1.29, 1.82) is 0 Å². The maximum atomic E-state index is 11.6. The number of hydrogen-bond donors (Lipinski definition) is 1. The first-order valence-corrected chi connectivity index (χ1v) is 6.92. The maximum Gasteiger partial charge on any atom is 0.338 e. The Balaban J connectivity index is 2.05. The van der Waals surface area contributed by atoms with Crippen LogP contribution in [-0.2, 0) is 11.3 Å². The third-order valence-corrected chi connectivity index (χ3v) is 2.93. The molecule has 0 aliphatic heterocycles. The quantitative estimate of drug-likeness (QED) is 0.481. The van der Waals surface area contributed by atoms with Gasteiger partial charge in [-0.25, -0.2) is 4.79 Å². The lowest BCUT2D eigenvalue weighted by Gasteiger charge is -2.03. The zero-order chi connectivity index (χ0) is 15.1. The highest BCUT2D eigenvalue weighted by atomic mass is 16.5. The van der Waals surface area contributed by atoms with Crippen LogP contribution in [0.5, 0.6) is 0 Å². The van der Waals surface area contributed by atoms with Crippen molar-refractivity contribution < 1.29 is 13.9 Å². The van der Waals surface area contributed by atoms with Gasteiger partial charge in [0.2, 0.25) is 0 Å². The molecule has 0 saturated heterocycles. The summed E-state index contributed by atoms with van der Waals surface area (Å²) in [7, 11) is 0. The number of benzene rings is 1. The molecular formula is C17H19NO3. The minimum absolute atomic E-state index is 0.308. The Labute approximate surface area is 124 Å². The molecular weight excluding hydrogens is 266 g/mol. The molecule has 1 aromatic carbocycles. The van der Waals surface area contributed by atoms with Crippen LogP contribution in [0.2, 0.25) is 0 Å². The van der Waals surface area contributed by atoms with Crippen LogP contribution in [0.25, 0.3) is 11.3 Å². The third-order valence-electron chi connectivity index (χ3n) is 2.93. The van der Waals surface area contributed by atoms with E-state index in [4.69, 9.17) is 9.15 Å². The van der Waals surface area contributed by atoms with E-state index in [1.807, 2.05) is 24.3 Å². The number of ether oxygens (including phenoxy) is 1. The number of rotatable bonds is 7. The Hall–Kier alpha value is -2.33. The molecule has 0 fully saturated rings. The highest BCUT2D eigenvalue weighted by Crippen LogP contribution is 2.22. The number of esters is 1. The van der Waals surface area contributed by atoms with Crippen LogP contribution in [0.4, 0.5) is 0 Å². The van der Waals surface area contributed by atoms with Crippen molar-refractivity contribution in [1.82, 2.24) is 5.32 Å². The number of furan rings is 1. The van der Waals surface area contributed by atoms with E-state index in [0.29, 0.717) is 18.7 Å². The summed E-state index contributed by atoms with van der Waals surface area (Å²) < 4.78 is 10.7. The molecule has 0 spiro atoms. The first-order valence-electron chi connectivity index (χ1n) is 6.92. The van der Waals surface area contributed by atoms with Crippen molar-refractivity contribution >= 4 is 5.97 Å². The minimum atomic E-state index is -0.308. The van der Waals surface area contributed by atoms with Gasteiger partial charge in [-0.05, 0) is 31.2 Å². The molecule has 1 aromatic heterocycles. The number of carbonyl (C=O) groups excluding carboxylic acids is 1. The van der Waals surface area contributed by atoms with E-state index in [0.717, 1.165) is 23.6 Å². The van der Waals surface area contributed by atoms with E-state index in [1.165, 1.54) is 0 Å². The van der Waals surface area contributed by atoms with Crippen LogP contribution in [0.1, 0.15) is 23.0 Å². The zero-order valence-corrected chi connectivity index (χ0v) is 12.1. The maximum absolute atomic E-state index is 11.6. The predicted molar refractivity (Wildman–Crippen MR) is 82.0 cm³/mol. The molecule has 1 heterocycles. The van der Waals surface area contributed by atoms with Gasteiger partial charge in [-0.2, -0.15) is 0 Å². The monoisotopic (exact) mass is 285 g/mol. The molecule has 0 unspecified atom stereocenters. The van der Waals surface area contributed by atoms with Gasteiger partial charge in [0, 0.05) is 12.1 Å². The SMILES string of the molecule is C=CCNCc1ccc(-c2ccc(C(=O)OCC)cc2)o1. The lowest BCUT2D eigenvalue weighted by Crippen LogP contribution is -2.11. The Morgan fingerprint density at radius 1 is 1.29 bits per heavy atom. The van der Waals surface area contributed by atoms with Crippen molar-refractivity contribution in [2.45, 2.75) is 13.5 Å². The lowest BCUT2D eigenvalue weighted by atomic mass is 10.1. The average Bonchev–Trinajstić information content (AvgIpc) is 2.97. The van der Waals surface area contributed by atoms with Crippen LogP contribution in [-0.4, -0.2) is 19.1 Å². The van der Waals surface area contributed by atoms with E-state index in [-0.39, 0.29) is 5.97 Å². The predicted octanol–water partition coefficient (Wildman–Crippen LogP) is 3.40. The molecule has 110 valence electrons. The van der Waals surface area contributed by atoms with E-state index in [9.17, 15) is 4.79 Å². The largest absolute Gasteiger partial charge is 0.462 e. The first kappa shape index (κ1) is 15.1. The van der Waals surface area contributed by atoms with Crippen LogP contribution in [0, 0.1) is 0 Å². The second-order valence-corrected chi connectivity index (χ2v) is 4.48. The summed E-state index contributed by atoms with van der Waals surface area (Å²) in [5.41, 5.74) is 1.47. The van der Waals surface area contributed by atoms with Crippen molar-refractivity contribution in [3.63, 3.8) is 0 Å². The fraction of sp³-hybridized carbons (Fsp3) is 0.235.